The van der Waals surface area contributed by atoms with Gasteiger partial charge in [-0.1, -0.05) is 0 Å². The molecule has 9 heteroatoms. The van der Waals surface area contributed by atoms with Crippen LogP contribution in [-0.4, -0.2) is 97.2 Å². The van der Waals surface area contributed by atoms with Gasteiger partial charge in [-0.25, -0.2) is 9.97 Å². The van der Waals surface area contributed by atoms with Crippen molar-refractivity contribution in [2.45, 2.75) is 0 Å². The lowest BCUT2D eigenvalue weighted by molar-refractivity contribution is -0.146. The van der Waals surface area contributed by atoms with Crippen molar-refractivity contribution in [3.05, 3.63) is 18.5 Å². The SMILES string of the molecule is O=C(NCCN1CCOCC1)C(=O)N1CCN(c2ncccn2)CC1. The topological polar surface area (TPSA) is 90.9 Å². The van der Waals surface area contributed by atoms with Crippen molar-refractivity contribution >= 4 is 17.8 Å². The number of rotatable bonds is 4. The molecule has 0 unspecified atom stereocenters. The number of piperazine rings is 1. The number of amides is 2. The summed E-state index contributed by atoms with van der Waals surface area (Å²) < 4.78 is 5.28. The molecule has 3 heterocycles. The Hall–Kier alpha value is -2.26. The lowest BCUT2D eigenvalue weighted by Crippen LogP contribution is -2.53. The Kier molecular flexibility index (Phi) is 6.13. The Morgan fingerprint density at radius 1 is 1.04 bits per heavy atom. The Morgan fingerprint density at radius 2 is 1.72 bits per heavy atom. The third-order valence-corrected chi connectivity index (χ3v) is 4.41. The summed E-state index contributed by atoms with van der Waals surface area (Å²) in [5, 5.41) is 2.72. The molecule has 0 spiro atoms. The fraction of sp³-hybridized carbons (Fsp3) is 0.625. The van der Waals surface area contributed by atoms with E-state index in [0.29, 0.717) is 38.7 Å². The number of carbonyl (C=O) groups excluding carboxylic acids is 2. The predicted molar refractivity (Wildman–Crippen MR) is 91.1 cm³/mol. The van der Waals surface area contributed by atoms with Crippen LogP contribution in [0.2, 0.25) is 0 Å². The van der Waals surface area contributed by atoms with Crippen molar-refractivity contribution in [1.82, 2.24) is 25.1 Å². The average Bonchev–Trinajstić information content (AvgIpc) is 2.69. The Balaban J connectivity index is 1.38. The number of hydrogen-bond acceptors (Lipinski definition) is 7. The number of aromatic nitrogens is 2. The van der Waals surface area contributed by atoms with Crippen LogP contribution in [0, 0.1) is 0 Å². The van der Waals surface area contributed by atoms with Gasteiger partial charge in [0.1, 0.15) is 0 Å². The molecule has 1 N–H and O–H groups in total. The van der Waals surface area contributed by atoms with E-state index in [2.05, 4.69) is 20.2 Å². The first kappa shape index (κ1) is 17.6. The minimum Gasteiger partial charge on any atom is -0.379 e. The minimum atomic E-state index is -0.530. The lowest BCUT2D eigenvalue weighted by atomic mass is 10.3. The molecule has 3 rings (SSSR count). The van der Waals surface area contributed by atoms with Gasteiger partial charge in [-0.05, 0) is 6.07 Å². The maximum atomic E-state index is 12.3. The fourth-order valence-electron chi connectivity index (χ4n) is 2.94. The van der Waals surface area contributed by atoms with E-state index in [1.54, 1.807) is 23.4 Å². The van der Waals surface area contributed by atoms with Crippen LogP contribution < -0.4 is 10.2 Å². The number of nitrogens with one attached hydrogen (secondary N) is 1. The molecule has 0 saturated carbocycles. The maximum absolute atomic E-state index is 12.3. The number of hydrogen-bond donors (Lipinski definition) is 1. The van der Waals surface area contributed by atoms with Gasteiger partial charge < -0.3 is 19.9 Å². The summed E-state index contributed by atoms with van der Waals surface area (Å²) in [6, 6.07) is 1.77. The van der Waals surface area contributed by atoms with Gasteiger partial charge in [-0.15, -0.1) is 0 Å². The van der Waals surface area contributed by atoms with Crippen molar-refractivity contribution in [2.75, 3.05) is 70.5 Å². The molecular weight excluding hydrogens is 324 g/mol. The van der Waals surface area contributed by atoms with Crippen LogP contribution in [0.4, 0.5) is 5.95 Å². The van der Waals surface area contributed by atoms with Gasteiger partial charge in [0, 0.05) is 64.8 Å². The molecule has 136 valence electrons. The highest BCUT2D eigenvalue weighted by atomic mass is 16.5. The molecule has 0 aromatic carbocycles. The van der Waals surface area contributed by atoms with Gasteiger partial charge in [0.05, 0.1) is 13.2 Å². The first-order valence-electron chi connectivity index (χ1n) is 8.63. The van der Waals surface area contributed by atoms with Gasteiger partial charge in [0.15, 0.2) is 0 Å². The van der Waals surface area contributed by atoms with Crippen molar-refractivity contribution in [3.8, 4) is 0 Å². The summed E-state index contributed by atoms with van der Waals surface area (Å²) in [6.07, 6.45) is 3.39. The summed E-state index contributed by atoms with van der Waals surface area (Å²) in [6.45, 7) is 6.63. The van der Waals surface area contributed by atoms with E-state index in [9.17, 15) is 9.59 Å². The number of nitrogens with zero attached hydrogens (tertiary/aromatic N) is 5. The molecule has 1 aromatic rings. The van der Waals surface area contributed by atoms with Gasteiger partial charge in [-0.2, -0.15) is 0 Å². The summed E-state index contributed by atoms with van der Waals surface area (Å²) in [7, 11) is 0. The monoisotopic (exact) mass is 348 g/mol. The van der Waals surface area contributed by atoms with Crippen molar-refractivity contribution < 1.29 is 14.3 Å². The lowest BCUT2D eigenvalue weighted by Gasteiger charge is -2.34. The van der Waals surface area contributed by atoms with E-state index in [1.807, 2.05) is 4.90 Å². The van der Waals surface area contributed by atoms with Crippen LogP contribution in [0.25, 0.3) is 0 Å². The second-order valence-electron chi connectivity index (χ2n) is 6.04. The van der Waals surface area contributed by atoms with Crippen LogP contribution in [0.5, 0.6) is 0 Å². The van der Waals surface area contributed by atoms with E-state index in [1.165, 1.54) is 0 Å². The number of morpholine rings is 1. The molecular formula is C16H24N6O3. The third-order valence-electron chi connectivity index (χ3n) is 4.41. The van der Waals surface area contributed by atoms with Crippen molar-refractivity contribution in [1.29, 1.82) is 0 Å². The van der Waals surface area contributed by atoms with E-state index in [4.69, 9.17) is 4.74 Å². The van der Waals surface area contributed by atoms with Crippen molar-refractivity contribution in [2.24, 2.45) is 0 Å². The zero-order valence-corrected chi connectivity index (χ0v) is 14.3. The van der Waals surface area contributed by atoms with Crippen LogP contribution in [-0.2, 0) is 14.3 Å². The number of carbonyl (C=O) groups is 2. The molecule has 0 aliphatic carbocycles. The average molecular weight is 348 g/mol. The van der Waals surface area contributed by atoms with E-state index in [0.717, 1.165) is 32.8 Å². The highest BCUT2D eigenvalue weighted by Gasteiger charge is 2.26. The van der Waals surface area contributed by atoms with Crippen LogP contribution in [0.1, 0.15) is 0 Å². The molecule has 25 heavy (non-hydrogen) atoms. The summed E-state index contributed by atoms with van der Waals surface area (Å²) in [5.74, 6) is -0.335. The van der Waals surface area contributed by atoms with Crippen LogP contribution >= 0.6 is 0 Å². The zero-order valence-electron chi connectivity index (χ0n) is 14.3. The molecule has 2 fully saturated rings. The van der Waals surface area contributed by atoms with E-state index < -0.39 is 11.8 Å². The highest BCUT2D eigenvalue weighted by molar-refractivity contribution is 6.35. The van der Waals surface area contributed by atoms with E-state index in [-0.39, 0.29) is 0 Å². The molecule has 9 nitrogen and oxygen atoms in total. The highest BCUT2D eigenvalue weighted by Crippen LogP contribution is 2.09. The Bertz CT molecular complexity index is 570. The quantitative estimate of drug-likeness (QED) is 0.668. The van der Waals surface area contributed by atoms with Crippen LogP contribution in [0.15, 0.2) is 18.5 Å². The summed E-state index contributed by atoms with van der Waals surface area (Å²) >= 11 is 0. The maximum Gasteiger partial charge on any atom is 0.312 e. The number of ether oxygens (including phenoxy) is 1. The molecule has 0 atom stereocenters. The smallest absolute Gasteiger partial charge is 0.312 e. The van der Waals surface area contributed by atoms with Gasteiger partial charge >= 0.3 is 11.8 Å². The zero-order chi connectivity index (χ0) is 17.5. The largest absolute Gasteiger partial charge is 0.379 e. The molecule has 0 bridgehead atoms. The second kappa shape index (κ2) is 8.72. The first-order chi connectivity index (χ1) is 12.2. The standard InChI is InChI=1S/C16H24N6O3/c23-14(17-4-5-20-10-12-25-13-11-20)15(24)21-6-8-22(9-7-21)16-18-2-1-3-19-16/h1-3H,4-13H2,(H,17,23). The minimum absolute atomic E-state index is 0.462. The Labute approximate surface area is 147 Å². The third kappa shape index (κ3) is 4.86. The molecule has 2 saturated heterocycles. The molecule has 2 amide bonds. The fourth-order valence-corrected chi connectivity index (χ4v) is 2.94. The summed E-state index contributed by atoms with van der Waals surface area (Å²) in [4.78, 5) is 38.5. The van der Waals surface area contributed by atoms with Gasteiger partial charge in [-0.3, -0.25) is 14.5 Å². The summed E-state index contributed by atoms with van der Waals surface area (Å²) in [5.41, 5.74) is 0. The first-order valence-corrected chi connectivity index (χ1v) is 8.63. The molecule has 2 aliphatic rings. The van der Waals surface area contributed by atoms with E-state index >= 15 is 0 Å². The molecule has 1 aromatic heterocycles. The van der Waals surface area contributed by atoms with Crippen LogP contribution in [0.3, 0.4) is 0 Å². The van der Waals surface area contributed by atoms with Gasteiger partial charge in [0.2, 0.25) is 5.95 Å². The number of anilines is 1. The van der Waals surface area contributed by atoms with Gasteiger partial charge in [0.25, 0.3) is 0 Å². The molecule has 2 aliphatic heterocycles. The second-order valence-corrected chi connectivity index (χ2v) is 6.04. The predicted octanol–water partition coefficient (Wildman–Crippen LogP) is -1.43. The van der Waals surface area contributed by atoms with Crippen molar-refractivity contribution in [3.63, 3.8) is 0 Å². The Morgan fingerprint density at radius 3 is 2.40 bits per heavy atom. The normalized spacial score (nSPS) is 18.9. The molecule has 0 radical (unpaired) electrons.